The summed E-state index contributed by atoms with van der Waals surface area (Å²) in [5, 5.41) is 7.58. The van der Waals surface area contributed by atoms with Crippen LogP contribution in [-0.4, -0.2) is 21.4 Å². The Morgan fingerprint density at radius 3 is 1.97 bits per heavy atom. The molecule has 0 fully saturated rings. The summed E-state index contributed by atoms with van der Waals surface area (Å²) in [6.07, 6.45) is 3.79. The number of H-pyrrole nitrogens is 1. The fraction of sp³-hybridized carbons (Fsp3) is 0.152. The molecule has 0 spiro atoms. The van der Waals surface area contributed by atoms with Crippen LogP contribution in [0.15, 0.2) is 97.3 Å². The first-order valence-corrected chi connectivity index (χ1v) is 12.6. The Bertz CT molecular complexity index is 1740. The third-order valence-electron chi connectivity index (χ3n) is 6.45. The molecule has 0 aliphatic heterocycles. The molecule has 0 saturated heterocycles. The topological polar surface area (TPSA) is 66.9 Å². The van der Waals surface area contributed by atoms with Gasteiger partial charge < -0.3 is 10.3 Å². The number of carbonyl (C=O) groups excluding carboxylic acids is 2. The quantitative estimate of drug-likeness (QED) is 0.237. The Balaban J connectivity index is 0.000000135. The van der Waals surface area contributed by atoms with Crippen LogP contribution in [0.3, 0.4) is 0 Å². The van der Waals surface area contributed by atoms with Gasteiger partial charge in [0.05, 0.1) is 5.52 Å². The van der Waals surface area contributed by atoms with E-state index in [2.05, 4.69) is 53.6 Å². The highest BCUT2D eigenvalue weighted by Crippen LogP contribution is 2.23. The summed E-state index contributed by atoms with van der Waals surface area (Å²) in [7, 11) is 0. The maximum Gasteiger partial charge on any atom is 0.227 e. The first-order chi connectivity index (χ1) is 18.2. The number of aryl methyl sites for hydroxylation is 3. The fourth-order valence-electron chi connectivity index (χ4n) is 4.56. The molecule has 1 amide bonds. The Morgan fingerprint density at radius 2 is 1.32 bits per heavy atom. The van der Waals surface area contributed by atoms with E-state index in [-0.39, 0.29) is 11.8 Å². The highest BCUT2D eigenvalue weighted by atomic mass is 16.2. The van der Waals surface area contributed by atoms with E-state index in [0.29, 0.717) is 0 Å². The van der Waals surface area contributed by atoms with Crippen molar-refractivity contribution in [3.05, 3.63) is 114 Å². The van der Waals surface area contributed by atoms with E-state index in [1.807, 2.05) is 74.8 Å². The lowest BCUT2D eigenvalue weighted by Crippen LogP contribution is -2.06. The molecule has 2 N–H and O–H groups in total. The number of aromatic amines is 1. The van der Waals surface area contributed by atoms with E-state index in [1.165, 1.54) is 28.8 Å². The van der Waals surface area contributed by atoms with Crippen LogP contribution in [0, 0.1) is 20.8 Å². The summed E-state index contributed by atoms with van der Waals surface area (Å²) in [6.45, 7) is 9.22. The van der Waals surface area contributed by atoms with Crippen molar-refractivity contribution in [3.63, 3.8) is 0 Å². The van der Waals surface area contributed by atoms with Gasteiger partial charge in [0.15, 0.2) is 0 Å². The zero-order chi connectivity index (χ0) is 27.2. The minimum Gasteiger partial charge on any atom is -0.361 e. The van der Waals surface area contributed by atoms with Gasteiger partial charge in [-0.3, -0.25) is 14.2 Å². The Morgan fingerprint density at radius 1 is 0.684 bits per heavy atom. The first kappa shape index (κ1) is 26.4. The van der Waals surface area contributed by atoms with Gasteiger partial charge in [-0.2, -0.15) is 0 Å². The molecule has 2 heterocycles. The number of rotatable bonds is 1. The predicted molar refractivity (Wildman–Crippen MR) is 159 cm³/mol. The molecule has 0 bridgehead atoms. The van der Waals surface area contributed by atoms with Crippen molar-refractivity contribution in [1.82, 2.24) is 9.55 Å². The van der Waals surface area contributed by atoms with Gasteiger partial charge in [-0.05, 0) is 77.9 Å². The smallest absolute Gasteiger partial charge is 0.227 e. The predicted octanol–water partition coefficient (Wildman–Crippen LogP) is 8.19. The van der Waals surface area contributed by atoms with Gasteiger partial charge >= 0.3 is 0 Å². The third-order valence-corrected chi connectivity index (χ3v) is 6.45. The number of amides is 1. The molecule has 0 saturated carbocycles. The third kappa shape index (κ3) is 6.01. The van der Waals surface area contributed by atoms with Gasteiger partial charge in [-0.25, -0.2) is 0 Å². The molecular formula is C33H33N3O2. The van der Waals surface area contributed by atoms with E-state index in [9.17, 15) is 9.59 Å². The zero-order valence-electron chi connectivity index (χ0n) is 22.5. The molecular weight excluding hydrogens is 470 g/mol. The van der Waals surface area contributed by atoms with Crippen LogP contribution in [-0.2, 0) is 4.79 Å². The molecule has 5 heteroatoms. The maximum absolute atomic E-state index is 11.2. The van der Waals surface area contributed by atoms with Crippen LogP contribution in [0.4, 0.5) is 5.69 Å². The van der Waals surface area contributed by atoms with E-state index in [1.54, 1.807) is 11.5 Å². The second-order valence-corrected chi connectivity index (χ2v) is 9.43. The minimum atomic E-state index is -0.0339. The number of para-hydroxylation sites is 2. The number of benzene rings is 4. The number of hydrogen-bond acceptors (Lipinski definition) is 2. The summed E-state index contributed by atoms with van der Waals surface area (Å²) in [6, 6.07) is 28.6. The molecule has 4 aromatic carbocycles. The van der Waals surface area contributed by atoms with Crippen LogP contribution < -0.4 is 5.32 Å². The molecule has 2 aromatic heterocycles. The van der Waals surface area contributed by atoms with E-state index >= 15 is 0 Å². The molecule has 5 nitrogen and oxygen atoms in total. The van der Waals surface area contributed by atoms with Crippen molar-refractivity contribution in [3.8, 4) is 0 Å². The standard InChI is InChI=1S/C13H13NO.C11H11NO.C9H9N/c1-9-7-11-5-3-4-6-12(11)8-13(9)14-10(2)15;1-8-4-3-5-10-6-7-12(9(2)13)11(8)10;1-7-3-2-4-8-5-6-10-9(7)8/h3-8H,1-2H3,(H,14,15);3-7H,1-2H3;2-6,10H,1H3. The molecule has 6 rings (SSSR count). The van der Waals surface area contributed by atoms with Crippen molar-refractivity contribution in [2.45, 2.75) is 34.6 Å². The van der Waals surface area contributed by atoms with Crippen molar-refractivity contribution in [2.24, 2.45) is 0 Å². The van der Waals surface area contributed by atoms with E-state index < -0.39 is 0 Å². The summed E-state index contributed by atoms with van der Waals surface area (Å²) < 4.78 is 1.69. The number of carbonyl (C=O) groups is 2. The Kier molecular flexibility index (Phi) is 8.07. The Hall–Kier alpha value is -4.64. The second-order valence-electron chi connectivity index (χ2n) is 9.43. The normalized spacial score (nSPS) is 10.4. The van der Waals surface area contributed by atoms with Gasteiger partial charge in [0.1, 0.15) is 0 Å². The summed E-state index contributed by atoms with van der Waals surface area (Å²) in [5.74, 6) is 0.0256. The van der Waals surface area contributed by atoms with Gasteiger partial charge in [-0.1, -0.05) is 60.7 Å². The van der Waals surface area contributed by atoms with Crippen molar-refractivity contribution in [1.29, 1.82) is 0 Å². The summed E-state index contributed by atoms with van der Waals surface area (Å²) in [5.41, 5.74) is 6.70. The van der Waals surface area contributed by atoms with Crippen molar-refractivity contribution >= 4 is 50.1 Å². The van der Waals surface area contributed by atoms with Crippen LogP contribution >= 0.6 is 0 Å². The highest BCUT2D eigenvalue weighted by Gasteiger charge is 2.05. The number of fused-ring (bicyclic) bond motifs is 3. The largest absolute Gasteiger partial charge is 0.361 e. The molecule has 0 aliphatic rings. The minimum absolute atomic E-state index is 0.0339. The average molecular weight is 504 g/mol. The lowest BCUT2D eigenvalue weighted by atomic mass is 10.1. The fourth-order valence-corrected chi connectivity index (χ4v) is 4.56. The van der Waals surface area contributed by atoms with Gasteiger partial charge in [0.25, 0.3) is 0 Å². The Labute approximate surface area is 223 Å². The zero-order valence-corrected chi connectivity index (χ0v) is 22.5. The lowest BCUT2D eigenvalue weighted by molar-refractivity contribution is -0.114. The van der Waals surface area contributed by atoms with Gasteiger partial charge in [0.2, 0.25) is 11.8 Å². The van der Waals surface area contributed by atoms with Crippen molar-refractivity contribution < 1.29 is 9.59 Å². The SMILES string of the molecule is CC(=O)Nc1cc2ccccc2cc1C.CC(=O)n1ccc2cccc(C)c21.Cc1cccc2cc[nH]c12. The number of hydrogen-bond donors (Lipinski definition) is 2. The van der Waals surface area contributed by atoms with Gasteiger partial charge in [-0.15, -0.1) is 0 Å². The molecule has 0 radical (unpaired) electrons. The maximum atomic E-state index is 11.2. The molecule has 0 atom stereocenters. The van der Waals surface area contributed by atoms with Crippen molar-refractivity contribution in [2.75, 3.05) is 5.32 Å². The molecule has 192 valence electrons. The van der Waals surface area contributed by atoms with Gasteiger partial charge in [0, 0.05) is 42.8 Å². The second kappa shape index (κ2) is 11.6. The molecule has 0 aliphatic carbocycles. The molecule has 38 heavy (non-hydrogen) atoms. The number of nitrogens with one attached hydrogen (secondary N) is 2. The number of aromatic nitrogens is 2. The highest BCUT2D eigenvalue weighted by molar-refractivity contribution is 5.95. The molecule has 0 unspecified atom stereocenters. The van der Waals surface area contributed by atoms with Crippen LogP contribution in [0.25, 0.3) is 32.6 Å². The van der Waals surface area contributed by atoms with Crippen LogP contribution in [0.5, 0.6) is 0 Å². The lowest BCUT2D eigenvalue weighted by Gasteiger charge is -2.08. The number of anilines is 1. The van der Waals surface area contributed by atoms with E-state index in [0.717, 1.165) is 33.1 Å². The monoisotopic (exact) mass is 503 g/mol. The van der Waals surface area contributed by atoms with Crippen LogP contribution in [0.1, 0.15) is 35.3 Å². The summed E-state index contributed by atoms with van der Waals surface area (Å²) in [4.78, 5) is 25.4. The first-order valence-electron chi connectivity index (χ1n) is 12.6. The number of nitrogens with zero attached hydrogens (tertiary/aromatic N) is 1. The summed E-state index contributed by atoms with van der Waals surface area (Å²) >= 11 is 0. The molecule has 6 aromatic rings. The van der Waals surface area contributed by atoms with Crippen LogP contribution in [0.2, 0.25) is 0 Å². The van der Waals surface area contributed by atoms with E-state index in [4.69, 9.17) is 0 Å². The average Bonchev–Trinajstić information content (AvgIpc) is 3.54.